The number of hydrazone groups is 1. The highest BCUT2D eigenvalue weighted by Crippen LogP contribution is 2.31. The number of nitro groups is 1. The smallest absolute Gasteiger partial charge is 0.283 e. The van der Waals surface area contributed by atoms with Crippen molar-refractivity contribution >= 4 is 17.8 Å². The summed E-state index contributed by atoms with van der Waals surface area (Å²) < 4.78 is 18.8. The van der Waals surface area contributed by atoms with Crippen molar-refractivity contribution in [2.75, 3.05) is 0 Å². The molecule has 7 nitrogen and oxygen atoms in total. The summed E-state index contributed by atoms with van der Waals surface area (Å²) in [4.78, 5) is 22.4. The van der Waals surface area contributed by atoms with E-state index < -0.39 is 16.4 Å². The lowest BCUT2D eigenvalue weighted by Crippen LogP contribution is -2.19. The summed E-state index contributed by atoms with van der Waals surface area (Å²) in [5.74, 6) is -0.518. The molecule has 1 aromatic heterocycles. The monoisotopic (exact) mass is 395 g/mol. The third-order valence-electron chi connectivity index (χ3n) is 4.37. The zero-order valence-electron chi connectivity index (χ0n) is 15.8. The van der Waals surface area contributed by atoms with Crippen LogP contribution in [0.3, 0.4) is 0 Å². The van der Waals surface area contributed by atoms with Crippen molar-refractivity contribution in [2.45, 2.75) is 20.3 Å². The molecule has 0 aliphatic rings. The van der Waals surface area contributed by atoms with Gasteiger partial charge in [0.05, 0.1) is 29.2 Å². The van der Waals surface area contributed by atoms with Gasteiger partial charge in [-0.3, -0.25) is 14.9 Å². The second-order valence-electron chi connectivity index (χ2n) is 6.51. The number of carbonyl (C=O) groups excluding carboxylic acids is 1. The second-order valence-corrected chi connectivity index (χ2v) is 6.51. The molecule has 1 amide bonds. The van der Waals surface area contributed by atoms with Gasteiger partial charge in [-0.15, -0.1) is 0 Å². The first-order chi connectivity index (χ1) is 13.8. The fourth-order valence-electron chi connectivity index (χ4n) is 2.74. The minimum absolute atomic E-state index is 0.148. The summed E-state index contributed by atoms with van der Waals surface area (Å²) in [6.45, 7) is 3.98. The van der Waals surface area contributed by atoms with E-state index in [1.807, 2.05) is 32.0 Å². The first-order valence-electron chi connectivity index (χ1n) is 8.75. The molecular formula is C21H18FN3O4. The molecule has 3 aromatic rings. The lowest BCUT2D eigenvalue weighted by atomic mass is 10.0. The molecule has 0 spiro atoms. The van der Waals surface area contributed by atoms with Crippen molar-refractivity contribution < 1.29 is 18.5 Å². The Bertz CT molecular complexity index is 1110. The van der Waals surface area contributed by atoms with Crippen molar-refractivity contribution in [1.82, 2.24) is 5.43 Å². The molecule has 0 saturated heterocycles. The Morgan fingerprint density at radius 2 is 1.97 bits per heavy atom. The van der Waals surface area contributed by atoms with Crippen LogP contribution in [-0.4, -0.2) is 17.0 Å². The topological polar surface area (TPSA) is 97.7 Å². The van der Waals surface area contributed by atoms with Crippen LogP contribution in [-0.2, 0) is 11.2 Å². The maximum Gasteiger partial charge on any atom is 0.283 e. The van der Waals surface area contributed by atoms with Crippen molar-refractivity contribution in [2.24, 2.45) is 5.10 Å². The van der Waals surface area contributed by atoms with Crippen molar-refractivity contribution in [3.05, 3.63) is 86.9 Å². The van der Waals surface area contributed by atoms with Gasteiger partial charge in [0.15, 0.2) is 0 Å². The SMILES string of the molecule is Cc1ccc(CC(=O)N/N=C/c2ccc(-c3ccc(F)cc3[N+](=O)[O-])o2)cc1C. The fourth-order valence-corrected chi connectivity index (χ4v) is 2.74. The normalized spacial score (nSPS) is 11.0. The molecule has 0 unspecified atom stereocenters. The van der Waals surface area contributed by atoms with E-state index in [-0.39, 0.29) is 29.4 Å². The van der Waals surface area contributed by atoms with Crippen molar-refractivity contribution in [1.29, 1.82) is 0 Å². The number of benzene rings is 2. The average molecular weight is 395 g/mol. The quantitative estimate of drug-likeness (QED) is 0.382. The Morgan fingerprint density at radius 1 is 1.17 bits per heavy atom. The molecule has 148 valence electrons. The number of furan rings is 1. The van der Waals surface area contributed by atoms with Gasteiger partial charge in [-0.1, -0.05) is 18.2 Å². The van der Waals surface area contributed by atoms with E-state index in [9.17, 15) is 19.3 Å². The van der Waals surface area contributed by atoms with Crippen LogP contribution in [0.2, 0.25) is 0 Å². The van der Waals surface area contributed by atoms with Gasteiger partial charge in [-0.2, -0.15) is 5.10 Å². The van der Waals surface area contributed by atoms with E-state index in [1.54, 1.807) is 6.07 Å². The lowest BCUT2D eigenvalue weighted by Gasteiger charge is -2.04. The summed E-state index contributed by atoms with van der Waals surface area (Å²) in [5.41, 5.74) is 5.30. The number of nitro benzene ring substituents is 1. The van der Waals surface area contributed by atoms with Gasteiger partial charge >= 0.3 is 0 Å². The van der Waals surface area contributed by atoms with Crippen LogP contribution in [0.15, 0.2) is 58.0 Å². The highest BCUT2D eigenvalue weighted by Gasteiger charge is 2.19. The summed E-state index contributed by atoms with van der Waals surface area (Å²) >= 11 is 0. The van der Waals surface area contributed by atoms with Gasteiger partial charge in [0.25, 0.3) is 5.69 Å². The number of hydrogen-bond acceptors (Lipinski definition) is 5. The molecule has 3 rings (SSSR count). The van der Waals surface area contributed by atoms with E-state index in [1.165, 1.54) is 18.3 Å². The van der Waals surface area contributed by atoms with Gasteiger partial charge in [0.2, 0.25) is 5.91 Å². The molecule has 1 N–H and O–H groups in total. The Morgan fingerprint density at radius 3 is 2.69 bits per heavy atom. The van der Waals surface area contributed by atoms with Gasteiger partial charge < -0.3 is 4.42 Å². The number of halogens is 1. The zero-order chi connectivity index (χ0) is 21.0. The van der Waals surface area contributed by atoms with Crippen molar-refractivity contribution in [3.63, 3.8) is 0 Å². The molecule has 0 bridgehead atoms. The molecule has 0 aliphatic carbocycles. The van der Waals surface area contributed by atoms with Gasteiger partial charge in [-0.25, -0.2) is 9.82 Å². The first kappa shape index (κ1) is 19.9. The van der Waals surface area contributed by atoms with Crippen LogP contribution in [0, 0.1) is 29.8 Å². The molecule has 0 saturated carbocycles. The van der Waals surface area contributed by atoms with Crippen LogP contribution in [0.1, 0.15) is 22.5 Å². The maximum absolute atomic E-state index is 13.3. The summed E-state index contributed by atoms with van der Waals surface area (Å²) in [6.07, 6.45) is 1.47. The lowest BCUT2D eigenvalue weighted by molar-refractivity contribution is -0.384. The first-order valence-corrected chi connectivity index (χ1v) is 8.75. The fraction of sp³-hybridized carbons (Fsp3) is 0.143. The van der Waals surface area contributed by atoms with E-state index >= 15 is 0 Å². The number of hydrogen-bond donors (Lipinski definition) is 1. The van der Waals surface area contributed by atoms with E-state index in [0.717, 1.165) is 28.8 Å². The number of amides is 1. The third-order valence-corrected chi connectivity index (χ3v) is 4.37. The Balaban J connectivity index is 1.66. The molecule has 0 atom stereocenters. The Labute approximate surface area is 166 Å². The van der Waals surface area contributed by atoms with Crippen LogP contribution >= 0.6 is 0 Å². The molecule has 29 heavy (non-hydrogen) atoms. The summed E-state index contributed by atoms with van der Waals surface area (Å²) in [6, 6.07) is 12.1. The second kappa shape index (κ2) is 8.47. The van der Waals surface area contributed by atoms with E-state index in [0.29, 0.717) is 0 Å². The molecule has 0 radical (unpaired) electrons. The van der Waals surface area contributed by atoms with Crippen LogP contribution in [0.4, 0.5) is 10.1 Å². The van der Waals surface area contributed by atoms with Gasteiger partial charge in [0, 0.05) is 0 Å². The number of nitrogens with zero attached hydrogens (tertiary/aromatic N) is 2. The van der Waals surface area contributed by atoms with Crippen LogP contribution < -0.4 is 5.43 Å². The zero-order valence-corrected chi connectivity index (χ0v) is 15.8. The molecule has 0 aliphatic heterocycles. The number of nitrogens with one attached hydrogen (secondary N) is 1. The Hall–Kier alpha value is -3.81. The number of carbonyl (C=O) groups is 1. The summed E-state index contributed by atoms with van der Waals surface area (Å²) in [7, 11) is 0. The molecule has 1 heterocycles. The van der Waals surface area contributed by atoms with Gasteiger partial charge in [0.1, 0.15) is 17.3 Å². The molecule has 0 fully saturated rings. The highest BCUT2D eigenvalue weighted by atomic mass is 19.1. The number of rotatable bonds is 6. The maximum atomic E-state index is 13.3. The molecule has 8 heteroatoms. The van der Waals surface area contributed by atoms with Gasteiger partial charge in [-0.05, 0) is 54.8 Å². The third kappa shape index (κ3) is 4.92. The van der Waals surface area contributed by atoms with Crippen molar-refractivity contribution in [3.8, 4) is 11.3 Å². The highest BCUT2D eigenvalue weighted by molar-refractivity contribution is 5.82. The minimum atomic E-state index is -0.708. The Kier molecular flexibility index (Phi) is 5.82. The molecule has 2 aromatic carbocycles. The molecular weight excluding hydrogens is 377 g/mol. The largest absolute Gasteiger partial charge is 0.455 e. The predicted octanol–water partition coefficient (Wildman–Crippen LogP) is 4.30. The minimum Gasteiger partial charge on any atom is -0.455 e. The van der Waals surface area contributed by atoms with Crippen LogP contribution in [0.5, 0.6) is 0 Å². The number of aryl methyl sites for hydroxylation is 2. The predicted molar refractivity (Wildman–Crippen MR) is 106 cm³/mol. The van der Waals surface area contributed by atoms with E-state index in [2.05, 4.69) is 10.5 Å². The average Bonchev–Trinajstić information content (AvgIpc) is 3.13. The summed E-state index contributed by atoms with van der Waals surface area (Å²) in [5, 5.41) is 15.0. The van der Waals surface area contributed by atoms with Crippen LogP contribution in [0.25, 0.3) is 11.3 Å². The standard InChI is InChI=1S/C21H18FN3O4/c1-13-3-4-15(9-14(13)2)10-21(26)24-23-12-17-6-8-20(29-17)18-7-5-16(22)11-19(18)25(27)28/h3-9,11-12H,10H2,1-2H3,(H,24,26)/b23-12+. The van der Waals surface area contributed by atoms with E-state index in [4.69, 9.17) is 4.42 Å².